The maximum atomic E-state index is 9.48. The SMILES string of the molecule is CCNC(C#N)(CN1CCOCC1)C1CC1. The molecular formula is C12H21N3O. The zero-order valence-corrected chi connectivity index (χ0v) is 10.0. The van der Waals surface area contributed by atoms with Crippen molar-refractivity contribution in [1.29, 1.82) is 5.26 Å². The van der Waals surface area contributed by atoms with Gasteiger partial charge in [0.05, 0.1) is 19.3 Å². The van der Waals surface area contributed by atoms with Gasteiger partial charge in [-0.25, -0.2) is 0 Å². The van der Waals surface area contributed by atoms with Crippen LogP contribution in [0.5, 0.6) is 0 Å². The highest BCUT2D eigenvalue weighted by molar-refractivity contribution is 5.16. The molecule has 2 aliphatic rings. The zero-order valence-electron chi connectivity index (χ0n) is 10.0. The highest BCUT2D eigenvalue weighted by Gasteiger charge is 2.46. The summed E-state index contributed by atoms with van der Waals surface area (Å²) in [5.41, 5.74) is -0.313. The predicted molar refractivity (Wildman–Crippen MR) is 62.0 cm³/mol. The molecule has 16 heavy (non-hydrogen) atoms. The van der Waals surface area contributed by atoms with E-state index in [9.17, 15) is 5.26 Å². The number of morpholine rings is 1. The number of ether oxygens (including phenoxy) is 1. The molecule has 0 amide bonds. The van der Waals surface area contributed by atoms with Crippen molar-refractivity contribution in [3.05, 3.63) is 0 Å². The van der Waals surface area contributed by atoms with Gasteiger partial charge < -0.3 is 4.74 Å². The Morgan fingerprint density at radius 1 is 1.44 bits per heavy atom. The van der Waals surface area contributed by atoms with E-state index in [-0.39, 0.29) is 5.54 Å². The summed E-state index contributed by atoms with van der Waals surface area (Å²) in [6, 6.07) is 2.53. The van der Waals surface area contributed by atoms with Gasteiger partial charge >= 0.3 is 0 Å². The van der Waals surface area contributed by atoms with Crippen LogP contribution in [0.1, 0.15) is 19.8 Å². The van der Waals surface area contributed by atoms with Crippen LogP contribution in [0.2, 0.25) is 0 Å². The molecule has 1 saturated heterocycles. The first-order valence-corrected chi connectivity index (χ1v) is 6.27. The Labute approximate surface area is 97.6 Å². The van der Waals surface area contributed by atoms with Gasteiger partial charge in [0.2, 0.25) is 0 Å². The van der Waals surface area contributed by atoms with E-state index in [0.29, 0.717) is 5.92 Å². The number of likely N-dealkylation sites (N-methyl/N-ethyl adjacent to an activating group) is 1. The van der Waals surface area contributed by atoms with Gasteiger partial charge in [0, 0.05) is 19.6 Å². The van der Waals surface area contributed by atoms with E-state index in [0.717, 1.165) is 39.4 Å². The van der Waals surface area contributed by atoms with Gasteiger partial charge in [-0.3, -0.25) is 10.2 Å². The first-order valence-electron chi connectivity index (χ1n) is 6.27. The fraction of sp³-hybridized carbons (Fsp3) is 0.917. The van der Waals surface area contributed by atoms with E-state index in [1.54, 1.807) is 0 Å². The van der Waals surface area contributed by atoms with E-state index in [1.807, 2.05) is 0 Å². The molecule has 90 valence electrons. The Hall–Kier alpha value is -0.630. The summed E-state index contributed by atoms with van der Waals surface area (Å²) in [6.07, 6.45) is 2.40. The Bertz CT molecular complexity index is 266. The number of nitrogens with zero attached hydrogens (tertiary/aromatic N) is 2. The molecule has 1 saturated carbocycles. The standard InChI is InChI=1S/C12H21N3O/c1-2-14-12(9-13,11-3-4-11)10-15-5-7-16-8-6-15/h11,14H,2-8,10H2,1H3. The monoisotopic (exact) mass is 223 g/mol. The molecular weight excluding hydrogens is 202 g/mol. The van der Waals surface area contributed by atoms with Crippen LogP contribution in [0.25, 0.3) is 0 Å². The van der Waals surface area contributed by atoms with Crippen molar-refractivity contribution < 1.29 is 4.74 Å². The topological polar surface area (TPSA) is 48.3 Å². The third-order valence-electron chi connectivity index (χ3n) is 3.54. The first-order chi connectivity index (χ1) is 7.80. The van der Waals surface area contributed by atoms with Gasteiger partial charge in [-0.05, 0) is 25.3 Å². The second-order valence-electron chi connectivity index (χ2n) is 4.78. The number of hydrogen-bond donors (Lipinski definition) is 1. The summed E-state index contributed by atoms with van der Waals surface area (Å²) in [5, 5.41) is 12.9. The van der Waals surface area contributed by atoms with E-state index in [4.69, 9.17) is 4.74 Å². The summed E-state index contributed by atoms with van der Waals surface area (Å²) in [5.74, 6) is 0.556. The van der Waals surface area contributed by atoms with Crippen molar-refractivity contribution in [2.45, 2.75) is 25.3 Å². The number of nitrogens with one attached hydrogen (secondary N) is 1. The third-order valence-corrected chi connectivity index (χ3v) is 3.54. The minimum absolute atomic E-state index is 0.313. The summed E-state index contributed by atoms with van der Waals surface area (Å²) >= 11 is 0. The number of rotatable bonds is 5. The van der Waals surface area contributed by atoms with Crippen LogP contribution in [-0.4, -0.2) is 49.8 Å². The third kappa shape index (κ3) is 2.54. The Morgan fingerprint density at radius 2 is 2.12 bits per heavy atom. The number of nitriles is 1. The lowest BCUT2D eigenvalue weighted by molar-refractivity contribution is 0.0269. The fourth-order valence-corrected chi connectivity index (χ4v) is 2.50. The molecule has 0 aromatic rings. The quantitative estimate of drug-likeness (QED) is 0.741. The highest BCUT2D eigenvalue weighted by Crippen LogP contribution is 2.40. The fourth-order valence-electron chi connectivity index (χ4n) is 2.50. The van der Waals surface area contributed by atoms with E-state index in [2.05, 4.69) is 23.2 Å². The van der Waals surface area contributed by atoms with E-state index >= 15 is 0 Å². The molecule has 4 heteroatoms. The van der Waals surface area contributed by atoms with Crippen molar-refractivity contribution in [3.8, 4) is 6.07 Å². The van der Waals surface area contributed by atoms with Crippen LogP contribution in [-0.2, 0) is 4.74 Å². The largest absolute Gasteiger partial charge is 0.379 e. The molecule has 1 N–H and O–H groups in total. The smallest absolute Gasteiger partial charge is 0.122 e. The molecule has 0 spiro atoms. The molecule has 2 fully saturated rings. The van der Waals surface area contributed by atoms with Gasteiger partial charge in [-0.15, -0.1) is 0 Å². The maximum Gasteiger partial charge on any atom is 0.122 e. The van der Waals surface area contributed by atoms with E-state index < -0.39 is 0 Å². The summed E-state index contributed by atoms with van der Waals surface area (Å²) in [6.45, 7) is 7.33. The lowest BCUT2D eigenvalue weighted by Gasteiger charge is -2.35. The second kappa shape index (κ2) is 5.13. The van der Waals surface area contributed by atoms with Crippen molar-refractivity contribution >= 4 is 0 Å². The molecule has 1 heterocycles. The summed E-state index contributed by atoms with van der Waals surface area (Å²) in [7, 11) is 0. The van der Waals surface area contributed by atoms with Gasteiger partial charge in [0.25, 0.3) is 0 Å². The zero-order chi connectivity index (χ0) is 11.4. The molecule has 1 unspecified atom stereocenters. The molecule has 0 radical (unpaired) electrons. The van der Waals surface area contributed by atoms with Crippen molar-refractivity contribution in [3.63, 3.8) is 0 Å². The van der Waals surface area contributed by atoms with Crippen molar-refractivity contribution in [2.24, 2.45) is 5.92 Å². The van der Waals surface area contributed by atoms with Crippen LogP contribution >= 0.6 is 0 Å². The molecule has 0 aromatic carbocycles. The van der Waals surface area contributed by atoms with Crippen LogP contribution in [0, 0.1) is 17.2 Å². The van der Waals surface area contributed by atoms with Gasteiger partial charge in [0.15, 0.2) is 0 Å². The second-order valence-corrected chi connectivity index (χ2v) is 4.78. The molecule has 2 rings (SSSR count). The van der Waals surface area contributed by atoms with Crippen LogP contribution < -0.4 is 5.32 Å². The first kappa shape index (κ1) is 11.8. The van der Waals surface area contributed by atoms with Crippen LogP contribution in [0.15, 0.2) is 0 Å². The summed E-state index contributed by atoms with van der Waals surface area (Å²) in [4.78, 5) is 2.35. The highest BCUT2D eigenvalue weighted by atomic mass is 16.5. The molecule has 1 aliphatic carbocycles. The average molecular weight is 223 g/mol. The molecule has 0 bridgehead atoms. The molecule has 1 aliphatic heterocycles. The Kier molecular flexibility index (Phi) is 3.80. The maximum absolute atomic E-state index is 9.48. The summed E-state index contributed by atoms with van der Waals surface area (Å²) < 4.78 is 5.34. The molecule has 4 nitrogen and oxygen atoms in total. The lowest BCUT2D eigenvalue weighted by Crippen LogP contribution is -2.56. The van der Waals surface area contributed by atoms with E-state index in [1.165, 1.54) is 12.8 Å². The average Bonchev–Trinajstić information content (AvgIpc) is 3.14. The Balaban J connectivity index is 1.97. The van der Waals surface area contributed by atoms with Crippen LogP contribution in [0.3, 0.4) is 0 Å². The van der Waals surface area contributed by atoms with Gasteiger partial charge in [-0.1, -0.05) is 6.92 Å². The lowest BCUT2D eigenvalue weighted by atomic mass is 9.94. The van der Waals surface area contributed by atoms with Gasteiger partial charge in [-0.2, -0.15) is 5.26 Å². The molecule has 1 atom stereocenters. The minimum Gasteiger partial charge on any atom is -0.379 e. The minimum atomic E-state index is -0.313. The Morgan fingerprint density at radius 3 is 2.62 bits per heavy atom. The predicted octanol–water partition coefficient (Wildman–Crippen LogP) is 0.600. The number of hydrogen-bond acceptors (Lipinski definition) is 4. The normalized spacial score (nSPS) is 26.0. The van der Waals surface area contributed by atoms with Crippen molar-refractivity contribution in [1.82, 2.24) is 10.2 Å². The van der Waals surface area contributed by atoms with Gasteiger partial charge in [0.1, 0.15) is 5.54 Å². The van der Waals surface area contributed by atoms with Crippen LogP contribution in [0.4, 0.5) is 0 Å². The molecule has 0 aromatic heterocycles. The van der Waals surface area contributed by atoms with Crippen molar-refractivity contribution in [2.75, 3.05) is 39.4 Å².